The van der Waals surface area contributed by atoms with E-state index in [2.05, 4.69) is 20.5 Å². The van der Waals surface area contributed by atoms with E-state index in [1.807, 2.05) is 0 Å². The van der Waals surface area contributed by atoms with Gasteiger partial charge in [-0.15, -0.1) is 5.10 Å². The first-order valence-electron chi connectivity index (χ1n) is 7.43. The summed E-state index contributed by atoms with van der Waals surface area (Å²) in [6.07, 6.45) is 2.19. The second-order valence-corrected chi connectivity index (χ2v) is 6.01. The van der Waals surface area contributed by atoms with Crippen LogP contribution < -0.4 is 5.56 Å². The van der Waals surface area contributed by atoms with Gasteiger partial charge in [0.2, 0.25) is 0 Å². The van der Waals surface area contributed by atoms with Crippen molar-refractivity contribution in [1.82, 2.24) is 29.8 Å². The van der Waals surface area contributed by atoms with Crippen molar-refractivity contribution < 1.29 is 9.90 Å². The number of aryl methyl sites for hydroxylation is 1. The number of aromatic nitrogens is 6. The monoisotopic (exact) mass is 358 g/mol. The molecule has 0 bridgehead atoms. The van der Waals surface area contributed by atoms with E-state index >= 15 is 0 Å². The summed E-state index contributed by atoms with van der Waals surface area (Å²) in [6, 6.07) is 5.51. The first-order valence-corrected chi connectivity index (χ1v) is 7.81. The molecule has 1 atom stereocenters. The van der Waals surface area contributed by atoms with E-state index in [0.29, 0.717) is 40.6 Å². The molecular weight excluding hydrogens is 348 g/mol. The maximum absolute atomic E-state index is 12.5. The topological polar surface area (TPSA) is 116 Å². The average Bonchev–Trinajstić information content (AvgIpc) is 3.24. The highest BCUT2D eigenvalue weighted by Crippen LogP contribution is 2.30. The maximum Gasteiger partial charge on any atom is 0.326 e. The van der Waals surface area contributed by atoms with E-state index in [0.717, 1.165) is 0 Å². The molecule has 0 aliphatic carbocycles. The van der Waals surface area contributed by atoms with Gasteiger partial charge in [0.1, 0.15) is 18.2 Å². The first kappa shape index (κ1) is 15.5. The van der Waals surface area contributed by atoms with Crippen LogP contribution in [0.2, 0.25) is 5.02 Å². The Balaban J connectivity index is 1.90. The molecule has 1 aromatic carbocycles. The molecule has 0 saturated carbocycles. The number of halogens is 1. The summed E-state index contributed by atoms with van der Waals surface area (Å²) in [7, 11) is 0. The largest absolute Gasteiger partial charge is 0.480 e. The lowest BCUT2D eigenvalue weighted by Crippen LogP contribution is -2.28. The Hall–Kier alpha value is -3.07. The first-order chi connectivity index (χ1) is 12.0. The molecular formula is C15H11ClN6O3. The molecule has 2 aromatic heterocycles. The number of fused-ring (bicyclic) bond motifs is 1. The summed E-state index contributed by atoms with van der Waals surface area (Å²) >= 11 is 6.10. The molecule has 0 spiro atoms. The van der Waals surface area contributed by atoms with Crippen molar-refractivity contribution in [2.24, 2.45) is 0 Å². The molecule has 1 N–H and O–H groups in total. The highest BCUT2D eigenvalue weighted by molar-refractivity contribution is 6.31. The molecule has 0 saturated heterocycles. The lowest BCUT2D eigenvalue weighted by Gasteiger charge is -2.12. The molecule has 0 fully saturated rings. The molecule has 3 heterocycles. The summed E-state index contributed by atoms with van der Waals surface area (Å²) in [4.78, 5) is 28.3. The molecule has 10 heteroatoms. The Morgan fingerprint density at radius 2 is 2.16 bits per heavy atom. The van der Waals surface area contributed by atoms with Gasteiger partial charge >= 0.3 is 5.97 Å². The minimum absolute atomic E-state index is 0.344. The quantitative estimate of drug-likeness (QED) is 0.745. The van der Waals surface area contributed by atoms with Gasteiger partial charge in [-0.1, -0.05) is 11.6 Å². The Bertz CT molecular complexity index is 1030. The third kappa shape index (κ3) is 2.58. The number of carboxylic acids is 1. The second-order valence-electron chi connectivity index (χ2n) is 5.57. The normalized spacial score (nSPS) is 16.0. The molecule has 126 valence electrons. The van der Waals surface area contributed by atoms with Crippen LogP contribution in [0.4, 0.5) is 0 Å². The fourth-order valence-corrected chi connectivity index (χ4v) is 3.17. The van der Waals surface area contributed by atoms with Crippen LogP contribution in [-0.4, -0.2) is 40.8 Å². The van der Waals surface area contributed by atoms with Crippen LogP contribution in [-0.2, 0) is 11.2 Å². The van der Waals surface area contributed by atoms with E-state index < -0.39 is 17.6 Å². The van der Waals surface area contributed by atoms with Crippen LogP contribution in [0, 0.1) is 0 Å². The van der Waals surface area contributed by atoms with Gasteiger partial charge in [-0.05, 0) is 35.0 Å². The number of aliphatic carboxylic acids is 1. The van der Waals surface area contributed by atoms with Crippen LogP contribution >= 0.6 is 11.6 Å². The fraction of sp³-hybridized carbons (Fsp3) is 0.200. The number of nitrogens with zero attached hydrogens (tertiary/aromatic N) is 6. The van der Waals surface area contributed by atoms with Crippen LogP contribution in [0.5, 0.6) is 0 Å². The van der Waals surface area contributed by atoms with Gasteiger partial charge in [-0.3, -0.25) is 9.36 Å². The standard InChI is InChI=1S/C15H11ClN6O3/c16-8-1-2-11(21-7-17-19-20-21)9(5-8)10-6-14(23)22-12(15(24)25)3-4-13(22)18-10/h1-2,5-7,12H,3-4H2,(H,24,25). The van der Waals surface area contributed by atoms with Crippen LogP contribution in [0.15, 0.2) is 35.4 Å². The number of carboxylic acid groups (broad SMARTS) is 1. The molecule has 0 amide bonds. The highest BCUT2D eigenvalue weighted by atomic mass is 35.5. The summed E-state index contributed by atoms with van der Waals surface area (Å²) in [5.74, 6) is -0.593. The predicted molar refractivity (Wildman–Crippen MR) is 86.6 cm³/mol. The Kier molecular flexibility index (Phi) is 3.57. The zero-order valence-electron chi connectivity index (χ0n) is 12.7. The van der Waals surface area contributed by atoms with Gasteiger partial charge in [0.05, 0.1) is 11.4 Å². The van der Waals surface area contributed by atoms with Crippen molar-refractivity contribution in [2.45, 2.75) is 18.9 Å². The minimum Gasteiger partial charge on any atom is -0.480 e. The van der Waals surface area contributed by atoms with Crippen molar-refractivity contribution in [1.29, 1.82) is 0 Å². The van der Waals surface area contributed by atoms with Crippen molar-refractivity contribution in [3.05, 3.63) is 51.8 Å². The van der Waals surface area contributed by atoms with Gasteiger partial charge in [-0.25, -0.2) is 9.78 Å². The Morgan fingerprint density at radius 3 is 2.88 bits per heavy atom. The summed E-state index contributed by atoms with van der Waals surface area (Å²) in [5.41, 5.74) is 1.18. The van der Waals surface area contributed by atoms with Crippen molar-refractivity contribution in [3.8, 4) is 16.9 Å². The lowest BCUT2D eigenvalue weighted by molar-refractivity contribution is -0.140. The van der Waals surface area contributed by atoms with Gasteiger partial charge in [0.25, 0.3) is 5.56 Å². The molecule has 9 nitrogen and oxygen atoms in total. The average molecular weight is 359 g/mol. The number of tetrazole rings is 1. The molecule has 1 aliphatic rings. The van der Waals surface area contributed by atoms with E-state index in [1.54, 1.807) is 18.2 Å². The van der Waals surface area contributed by atoms with Gasteiger partial charge in [-0.2, -0.15) is 4.68 Å². The van der Waals surface area contributed by atoms with E-state index in [4.69, 9.17) is 11.6 Å². The molecule has 4 rings (SSSR count). The summed E-state index contributed by atoms with van der Waals surface area (Å²) in [6.45, 7) is 0. The second kappa shape index (κ2) is 5.78. The van der Waals surface area contributed by atoms with Crippen molar-refractivity contribution >= 4 is 17.6 Å². The number of carbonyl (C=O) groups is 1. The van der Waals surface area contributed by atoms with Crippen molar-refractivity contribution in [2.75, 3.05) is 0 Å². The Labute approximate surface area is 145 Å². The Morgan fingerprint density at radius 1 is 1.32 bits per heavy atom. The van der Waals surface area contributed by atoms with Crippen LogP contribution in [0.25, 0.3) is 16.9 Å². The fourth-order valence-electron chi connectivity index (χ4n) is 3.00. The third-order valence-corrected chi connectivity index (χ3v) is 4.33. The molecule has 3 aromatic rings. The van der Waals surface area contributed by atoms with Crippen molar-refractivity contribution in [3.63, 3.8) is 0 Å². The summed E-state index contributed by atoms with van der Waals surface area (Å²) < 4.78 is 2.67. The minimum atomic E-state index is -1.03. The summed E-state index contributed by atoms with van der Waals surface area (Å²) in [5, 5.41) is 20.8. The lowest BCUT2D eigenvalue weighted by atomic mass is 10.1. The van der Waals surface area contributed by atoms with E-state index in [-0.39, 0.29) is 0 Å². The van der Waals surface area contributed by atoms with Gasteiger partial charge in [0, 0.05) is 23.1 Å². The maximum atomic E-state index is 12.5. The van der Waals surface area contributed by atoms with E-state index in [9.17, 15) is 14.7 Å². The third-order valence-electron chi connectivity index (χ3n) is 4.09. The number of hydrogen-bond donors (Lipinski definition) is 1. The molecule has 1 aliphatic heterocycles. The zero-order chi connectivity index (χ0) is 17.6. The zero-order valence-corrected chi connectivity index (χ0v) is 13.5. The predicted octanol–water partition coefficient (Wildman–Crippen LogP) is 1.11. The highest BCUT2D eigenvalue weighted by Gasteiger charge is 2.30. The molecule has 0 radical (unpaired) electrons. The smallest absolute Gasteiger partial charge is 0.326 e. The molecule has 25 heavy (non-hydrogen) atoms. The van der Waals surface area contributed by atoms with E-state index in [1.165, 1.54) is 21.6 Å². The number of rotatable bonds is 3. The van der Waals surface area contributed by atoms with Crippen LogP contribution in [0.3, 0.4) is 0 Å². The number of benzene rings is 1. The van der Waals surface area contributed by atoms with Gasteiger partial charge < -0.3 is 5.11 Å². The number of hydrogen-bond acceptors (Lipinski definition) is 6. The SMILES string of the molecule is O=C(O)C1CCc2nc(-c3cc(Cl)ccc3-n3cnnn3)cc(=O)n21. The van der Waals surface area contributed by atoms with Crippen LogP contribution in [0.1, 0.15) is 18.3 Å². The van der Waals surface area contributed by atoms with Gasteiger partial charge in [0.15, 0.2) is 0 Å². The molecule has 1 unspecified atom stereocenters.